The minimum Gasteiger partial charge on any atom is -0.379 e. The molecule has 250 valence electrons. The molecule has 2 aromatic rings. The molecule has 1 unspecified atom stereocenters. The SMILES string of the molecule is CCCC(=O)COCC(=O)CCCOCCOCCOCCCS(=O)(=O)c1ccc(C2CN(C)Cc3c(Cl)cc(Cl)cc32)cc1. The monoisotopic (exact) mass is 685 g/mol. The van der Waals surface area contributed by atoms with Crippen LogP contribution in [0.4, 0.5) is 0 Å². The van der Waals surface area contributed by atoms with Crippen LogP contribution >= 0.6 is 23.2 Å². The number of carbonyl (C=O) groups excluding carboxylic acids is 2. The highest BCUT2D eigenvalue weighted by Crippen LogP contribution is 2.38. The van der Waals surface area contributed by atoms with E-state index in [-0.39, 0.29) is 36.5 Å². The van der Waals surface area contributed by atoms with Gasteiger partial charge in [-0.3, -0.25) is 9.59 Å². The number of ether oxygens (including phenoxy) is 4. The predicted octanol–water partition coefficient (Wildman–Crippen LogP) is 5.52. The second-order valence-electron chi connectivity index (χ2n) is 11.2. The molecule has 1 atom stereocenters. The van der Waals surface area contributed by atoms with Gasteiger partial charge in [-0.2, -0.15) is 0 Å². The third-order valence-electron chi connectivity index (χ3n) is 7.38. The Hall–Kier alpha value is -1.89. The largest absolute Gasteiger partial charge is 0.379 e. The minimum absolute atomic E-state index is 0.00634. The smallest absolute Gasteiger partial charge is 0.178 e. The fraction of sp³-hybridized carbons (Fsp3) is 0.576. The Balaban J connectivity index is 1.24. The molecule has 3 rings (SSSR count). The summed E-state index contributed by atoms with van der Waals surface area (Å²) in [5.41, 5.74) is 3.15. The van der Waals surface area contributed by atoms with Gasteiger partial charge in [0.15, 0.2) is 21.4 Å². The minimum atomic E-state index is -3.44. The molecule has 1 aliphatic rings. The van der Waals surface area contributed by atoms with Crippen molar-refractivity contribution in [2.75, 3.05) is 72.2 Å². The third-order valence-corrected chi connectivity index (χ3v) is 9.75. The molecule has 1 heterocycles. The summed E-state index contributed by atoms with van der Waals surface area (Å²) in [4.78, 5) is 25.6. The molecular weight excluding hydrogens is 641 g/mol. The maximum atomic E-state index is 12.9. The quantitative estimate of drug-likeness (QED) is 0.148. The summed E-state index contributed by atoms with van der Waals surface area (Å²) in [5.74, 6) is 0.00346. The maximum Gasteiger partial charge on any atom is 0.178 e. The molecule has 9 nitrogen and oxygen atoms in total. The molecule has 0 aromatic heterocycles. The highest BCUT2D eigenvalue weighted by Gasteiger charge is 2.27. The molecule has 0 aliphatic carbocycles. The number of nitrogens with zero attached hydrogens (tertiary/aromatic N) is 1. The Kier molecular flexibility index (Phi) is 16.4. The number of sulfone groups is 1. The molecular formula is C33H45Cl2NO8S. The summed E-state index contributed by atoms with van der Waals surface area (Å²) in [6.07, 6.45) is 2.55. The van der Waals surface area contributed by atoms with Gasteiger partial charge in [-0.1, -0.05) is 42.3 Å². The first-order valence-corrected chi connectivity index (χ1v) is 17.8. The van der Waals surface area contributed by atoms with E-state index in [0.717, 1.165) is 36.2 Å². The van der Waals surface area contributed by atoms with Gasteiger partial charge in [0, 0.05) is 55.1 Å². The first kappa shape index (κ1) is 37.6. The Labute approximate surface area is 277 Å². The first-order chi connectivity index (χ1) is 21.6. The predicted molar refractivity (Wildman–Crippen MR) is 175 cm³/mol. The molecule has 0 saturated carbocycles. The lowest BCUT2D eigenvalue weighted by molar-refractivity contribution is -0.128. The average molecular weight is 687 g/mol. The molecule has 12 heteroatoms. The van der Waals surface area contributed by atoms with Gasteiger partial charge in [0.05, 0.1) is 37.1 Å². The van der Waals surface area contributed by atoms with Gasteiger partial charge in [0.2, 0.25) is 0 Å². The van der Waals surface area contributed by atoms with Gasteiger partial charge in [-0.15, -0.1) is 0 Å². The van der Waals surface area contributed by atoms with Gasteiger partial charge < -0.3 is 23.8 Å². The summed E-state index contributed by atoms with van der Waals surface area (Å²) in [6.45, 7) is 5.68. The lowest BCUT2D eigenvalue weighted by atomic mass is 9.85. The number of benzene rings is 2. The van der Waals surface area contributed by atoms with Crippen molar-refractivity contribution < 1.29 is 37.0 Å². The van der Waals surface area contributed by atoms with E-state index in [4.69, 9.17) is 42.1 Å². The fourth-order valence-corrected chi connectivity index (χ4v) is 6.98. The second-order valence-corrected chi connectivity index (χ2v) is 14.2. The van der Waals surface area contributed by atoms with Crippen molar-refractivity contribution in [2.45, 2.75) is 56.4 Å². The van der Waals surface area contributed by atoms with Crippen LogP contribution < -0.4 is 0 Å². The van der Waals surface area contributed by atoms with E-state index in [9.17, 15) is 18.0 Å². The van der Waals surface area contributed by atoms with E-state index >= 15 is 0 Å². The number of halogens is 2. The summed E-state index contributed by atoms with van der Waals surface area (Å²) in [6, 6.07) is 10.8. The van der Waals surface area contributed by atoms with E-state index in [2.05, 4.69) is 4.90 Å². The Morgan fingerprint density at radius 3 is 2.09 bits per heavy atom. The van der Waals surface area contributed by atoms with E-state index in [1.54, 1.807) is 18.2 Å². The normalized spacial score (nSPS) is 15.2. The van der Waals surface area contributed by atoms with Gasteiger partial charge in [0.25, 0.3) is 0 Å². The van der Waals surface area contributed by atoms with Gasteiger partial charge >= 0.3 is 0 Å². The van der Waals surface area contributed by atoms with Crippen LogP contribution in [0.25, 0.3) is 0 Å². The van der Waals surface area contributed by atoms with E-state index in [1.807, 2.05) is 32.2 Å². The molecule has 0 spiro atoms. The third kappa shape index (κ3) is 13.0. The topological polar surface area (TPSA) is 108 Å². The number of rotatable bonds is 22. The summed E-state index contributed by atoms with van der Waals surface area (Å²) < 4.78 is 47.4. The van der Waals surface area contributed by atoms with E-state index < -0.39 is 9.84 Å². The second kappa shape index (κ2) is 19.7. The first-order valence-electron chi connectivity index (χ1n) is 15.4. The van der Waals surface area contributed by atoms with Crippen LogP contribution in [0.1, 0.15) is 61.6 Å². The number of likely N-dealkylation sites (N-methyl/N-ethyl adjacent to an activating group) is 1. The number of ketones is 2. The van der Waals surface area contributed by atoms with Crippen molar-refractivity contribution in [3.05, 3.63) is 63.1 Å². The lowest BCUT2D eigenvalue weighted by Crippen LogP contribution is -2.31. The van der Waals surface area contributed by atoms with Crippen LogP contribution in [0.15, 0.2) is 41.3 Å². The molecule has 0 fully saturated rings. The number of hydrogen-bond donors (Lipinski definition) is 0. The fourth-order valence-electron chi connectivity index (χ4n) is 5.12. The summed E-state index contributed by atoms with van der Waals surface area (Å²) in [7, 11) is -1.40. The Morgan fingerprint density at radius 1 is 0.844 bits per heavy atom. The molecule has 0 radical (unpaired) electrons. The number of Topliss-reactive ketones (excluding diaryl/α,β-unsaturated/α-hetero) is 2. The summed E-state index contributed by atoms with van der Waals surface area (Å²) in [5, 5.41) is 1.24. The highest BCUT2D eigenvalue weighted by molar-refractivity contribution is 7.91. The molecule has 0 N–H and O–H groups in total. The van der Waals surface area contributed by atoms with E-state index in [0.29, 0.717) is 80.3 Å². The average Bonchev–Trinajstić information content (AvgIpc) is 2.99. The van der Waals surface area contributed by atoms with Crippen LogP contribution in [0.2, 0.25) is 10.0 Å². The number of carbonyl (C=O) groups is 2. The number of fused-ring (bicyclic) bond motifs is 1. The molecule has 0 amide bonds. The highest BCUT2D eigenvalue weighted by atomic mass is 35.5. The Morgan fingerprint density at radius 2 is 1.44 bits per heavy atom. The zero-order valence-electron chi connectivity index (χ0n) is 26.2. The standard InChI is InChI=1S/C33H45Cl2NO8S/c1-3-6-27(37)23-44-24-28(38)7-4-12-41-14-16-43-17-15-42-13-5-18-45(39,40)29-10-8-25(9-11-29)31-21-36(2)22-32-30(31)19-26(34)20-33(32)35/h8-11,19-20,31H,3-7,12-18,21-24H2,1-2H3. The molecule has 1 aliphatic heterocycles. The van der Waals surface area contributed by atoms with Crippen LogP contribution in [0, 0.1) is 0 Å². The molecule has 45 heavy (non-hydrogen) atoms. The van der Waals surface area contributed by atoms with Crippen molar-refractivity contribution in [1.82, 2.24) is 4.90 Å². The van der Waals surface area contributed by atoms with Gasteiger partial charge in [-0.25, -0.2) is 8.42 Å². The van der Waals surface area contributed by atoms with Crippen molar-refractivity contribution in [2.24, 2.45) is 0 Å². The molecule has 0 bridgehead atoms. The van der Waals surface area contributed by atoms with Gasteiger partial charge in [0.1, 0.15) is 13.2 Å². The summed E-state index contributed by atoms with van der Waals surface area (Å²) >= 11 is 12.8. The molecule has 0 saturated heterocycles. The van der Waals surface area contributed by atoms with Crippen molar-refractivity contribution in [3.63, 3.8) is 0 Å². The van der Waals surface area contributed by atoms with Gasteiger partial charge in [-0.05, 0) is 67.3 Å². The molecule has 2 aromatic carbocycles. The Bertz CT molecular complexity index is 1340. The number of hydrogen-bond acceptors (Lipinski definition) is 9. The van der Waals surface area contributed by atoms with E-state index in [1.165, 1.54) is 0 Å². The van der Waals surface area contributed by atoms with Crippen molar-refractivity contribution in [1.29, 1.82) is 0 Å². The zero-order valence-corrected chi connectivity index (χ0v) is 28.6. The van der Waals surface area contributed by atoms with Crippen molar-refractivity contribution in [3.8, 4) is 0 Å². The maximum absolute atomic E-state index is 12.9. The van der Waals surface area contributed by atoms with Crippen LogP contribution in [0.3, 0.4) is 0 Å². The lowest BCUT2D eigenvalue weighted by Gasteiger charge is -2.33. The van der Waals surface area contributed by atoms with Crippen LogP contribution in [-0.4, -0.2) is 97.1 Å². The zero-order chi connectivity index (χ0) is 32.7. The van der Waals surface area contributed by atoms with Crippen LogP contribution in [-0.2, 0) is 44.9 Å². The van der Waals surface area contributed by atoms with Crippen molar-refractivity contribution >= 4 is 44.6 Å². The van der Waals surface area contributed by atoms with Crippen LogP contribution in [0.5, 0.6) is 0 Å².